The van der Waals surface area contributed by atoms with E-state index in [2.05, 4.69) is 18.0 Å². The molecule has 0 aliphatic carbocycles. The Morgan fingerprint density at radius 1 is 1.08 bits per heavy atom. The van der Waals surface area contributed by atoms with Crippen LogP contribution in [0.2, 0.25) is 0 Å². The van der Waals surface area contributed by atoms with E-state index in [0.29, 0.717) is 12.2 Å². The number of carbonyl (C=O) groups is 1. The second-order valence-corrected chi connectivity index (χ2v) is 5.78. The number of hydrogen-bond donors (Lipinski definition) is 0. The lowest BCUT2D eigenvalue weighted by molar-refractivity contribution is -0.139. The van der Waals surface area contributed by atoms with Gasteiger partial charge in [0, 0.05) is 6.21 Å². The van der Waals surface area contributed by atoms with Crippen molar-refractivity contribution in [2.24, 2.45) is 4.99 Å². The summed E-state index contributed by atoms with van der Waals surface area (Å²) in [5, 5.41) is 8.85. The molecular weight excluding hydrogens is 324 g/mol. The first-order valence-corrected chi connectivity index (χ1v) is 8.71. The molecular formula is C22H22N2O2. The SMILES string of the molecule is CCCCCOC(=O)/C(=C\c1ccccc1)N=Cc1ccc(C#N)cc1. The van der Waals surface area contributed by atoms with Crippen LogP contribution in [0, 0.1) is 11.3 Å². The van der Waals surface area contributed by atoms with Gasteiger partial charge in [-0.15, -0.1) is 0 Å². The van der Waals surface area contributed by atoms with Crippen LogP contribution in [0.15, 0.2) is 65.3 Å². The predicted molar refractivity (Wildman–Crippen MR) is 104 cm³/mol. The second-order valence-electron chi connectivity index (χ2n) is 5.78. The highest BCUT2D eigenvalue weighted by molar-refractivity contribution is 5.96. The lowest BCUT2D eigenvalue weighted by Gasteiger charge is -2.05. The molecule has 132 valence electrons. The molecule has 2 rings (SSSR count). The predicted octanol–water partition coefficient (Wildman–Crippen LogP) is 4.75. The van der Waals surface area contributed by atoms with Crippen LogP contribution in [0.4, 0.5) is 0 Å². The van der Waals surface area contributed by atoms with Crippen LogP contribution in [-0.2, 0) is 9.53 Å². The number of benzene rings is 2. The summed E-state index contributed by atoms with van der Waals surface area (Å²) in [6.45, 7) is 2.50. The number of rotatable bonds is 8. The number of carbonyl (C=O) groups excluding carboxylic acids is 1. The Balaban J connectivity index is 2.16. The zero-order chi connectivity index (χ0) is 18.6. The standard InChI is InChI=1S/C22H22N2O2/c1-2-3-7-14-26-22(25)21(15-18-8-5-4-6-9-18)24-17-20-12-10-19(16-23)11-13-20/h4-6,8-13,15,17H,2-3,7,14H2,1H3/b21-15+,24-17?. The molecule has 0 N–H and O–H groups in total. The lowest BCUT2D eigenvalue weighted by Crippen LogP contribution is -2.08. The molecule has 0 aromatic heterocycles. The van der Waals surface area contributed by atoms with E-state index in [0.717, 1.165) is 30.4 Å². The molecule has 0 spiro atoms. The van der Waals surface area contributed by atoms with Crippen molar-refractivity contribution in [3.05, 3.63) is 77.0 Å². The van der Waals surface area contributed by atoms with Gasteiger partial charge in [0.05, 0.1) is 18.2 Å². The van der Waals surface area contributed by atoms with Crippen molar-refractivity contribution < 1.29 is 9.53 Å². The van der Waals surface area contributed by atoms with Gasteiger partial charge in [-0.2, -0.15) is 5.26 Å². The number of nitrogens with zero attached hydrogens (tertiary/aromatic N) is 2. The van der Waals surface area contributed by atoms with E-state index in [9.17, 15) is 4.79 Å². The topological polar surface area (TPSA) is 62.4 Å². The quantitative estimate of drug-likeness (QED) is 0.300. The fourth-order valence-corrected chi connectivity index (χ4v) is 2.23. The largest absolute Gasteiger partial charge is 0.461 e. The average molecular weight is 346 g/mol. The molecule has 2 aromatic carbocycles. The number of hydrogen-bond acceptors (Lipinski definition) is 4. The van der Waals surface area contributed by atoms with Gasteiger partial charge in [0.1, 0.15) is 5.70 Å². The van der Waals surface area contributed by atoms with Crippen molar-refractivity contribution in [3.8, 4) is 6.07 Å². The molecule has 0 heterocycles. The average Bonchev–Trinajstić information content (AvgIpc) is 2.69. The number of nitriles is 1. The van der Waals surface area contributed by atoms with Crippen LogP contribution >= 0.6 is 0 Å². The monoisotopic (exact) mass is 346 g/mol. The molecule has 2 aromatic rings. The molecule has 0 radical (unpaired) electrons. The van der Waals surface area contributed by atoms with Crippen LogP contribution in [0.1, 0.15) is 42.9 Å². The van der Waals surface area contributed by atoms with Gasteiger partial charge < -0.3 is 4.74 Å². The van der Waals surface area contributed by atoms with E-state index >= 15 is 0 Å². The van der Waals surface area contributed by atoms with Crippen molar-refractivity contribution in [2.45, 2.75) is 26.2 Å². The first-order chi connectivity index (χ1) is 12.7. The van der Waals surface area contributed by atoms with Crippen molar-refractivity contribution >= 4 is 18.3 Å². The van der Waals surface area contributed by atoms with E-state index in [1.54, 1.807) is 36.6 Å². The molecule has 0 aliphatic rings. The van der Waals surface area contributed by atoms with Crippen LogP contribution in [0.25, 0.3) is 6.08 Å². The summed E-state index contributed by atoms with van der Waals surface area (Å²) in [7, 11) is 0. The van der Waals surface area contributed by atoms with E-state index in [1.165, 1.54) is 0 Å². The molecule has 0 saturated heterocycles. The molecule has 0 amide bonds. The third kappa shape index (κ3) is 6.37. The van der Waals surface area contributed by atoms with Gasteiger partial charge in [0.2, 0.25) is 0 Å². The van der Waals surface area contributed by atoms with Gasteiger partial charge in [-0.3, -0.25) is 0 Å². The maximum absolute atomic E-state index is 12.4. The Morgan fingerprint density at radius 3 is 2.46 bits per heavy atom. The summed E-state index contributed by atoms with van der Waals surface area (Å²) in [6.07, 6.45) is 6.26. The third-order valence-electron chi connectivity index (χ3n) is 3.69. The van der Waals surface area contributed by atoms with Gasteiger partial charge >= 0.3 is 5.97 Å². The summed E-state index contributed by atoms with van der Waals surface area (Å²) in [6, 6.07) is 18.6. The highest BCUT2D eigenvalue weighted by atomic mass is 16.5. The molecule has 4 heteroatoms. The molecule has 0 saturated carbocycles. The molecule has 26 heavy (non-hydrogen) atoms. The fourth-order valence-electron chi connectivity index (χ4n) is 2.23. The minimum absolute atomic E-state index is 0.247. The Hall–Kier alpha value is -3.19. The van der Waals surface area contributed by atoms with E-state index in [-0.39, 0.29) is 5.70 Å². The van der Waals surface area contributed by atoms with E-state index in [1.807, 2.05) is 30.3 Å². The highest BCUT2D eigenvalue weighted by Gasteiger charge is 2.10. The molecule has 0 atom stereocenters. The Morgan fingerprint density at radius 2 is 1.81 bits per heavy atom. The third-order valence-corrected chi connectivity index (χ3v) is 3.69. The smallest absolute Gasteiger partial charge is 0.356 e. The van der Waals surface area contributed by atoms with Crippen molar-refractivity contribution in [1.29, 1.82) is 5.26 Å². The van der Waals surface area contributed by atoms with E-state index < -0.39 is 5.97 Å². The Labute approximate surface area is 154 Å². The summed E-state index contributed by atoms with van der Waals surface area (Å²) >= 11 is 0. The summed E-state index contributed by atoms with van der Waals surface area (Å²) in [5.41, 5.74) is 2.52. The zero-order valence-electron chi connectivity index (χ0n) is 14.9. The number of esters is 1. The molecule has 0 aliphatic heterocycles. The first-order valence-electron chi connectivity index (χ1n) is 8.71. The molecule has 4 nitrogen and oxygen atoms in total. The van der Waals surface area contributed by atoms with Crippen LogP contribution < -0.4 is 0 Å². The maximum Gasteiger partial charge on any atom is 0.356 e. The number of unbranched alkanes of at least 4 members (excludes halogenated alkanes) is 2. The highest BCUT2D eigenvalue weighted by Crippen LogP contribution is 2.11. The Kier molecular flexibility index (Phi) is 7.82. The van der Waals surface area contributed by atoms with Crippen molar-refractivity contribution in [2.75, 3.05) is 6.61 Å². The van der Waals surface area contributed by atoms with Gasteiger partial charge in [0.15, 0.2) is 0 Å². The van der Waals surface area contributed by atoms with Crippen LogP contribution in [-0.4, -0.2) is 18.8 Å². The zero-order valence-corrected chi connectivity index (χ0v) is 14.9. The van der Waals surface area contributed by atoms with Crippen molar-refractivity contribution in [3.63, 3.8) is 0 Å². The minimum Gasteiger partial charge on any atom is -0.461 e. The second kappa shape index (κ2) is 10.6. The van der Waals surface area contributed by atoms with Crippen LogP contribution in [0.5, 0.6) is 0 Å². The van der Waals surface area contributed by atoms with Gasteiger partial charge in [-0.1, -0.05) is 62.2 Å². The molecule has 0 unspecified atom stereocenters. The summed E-state index contributed by atoms with van der Waals surface area (Å²) in [5.74, 6) is -0.435. The number of ether oxygens (including phenoxy) is 1. The maximum atomic E-state index is 12.4. The lowest BCUT2D eigenvalue weighted by atomic mass is 10.1. The normalized spacial score (nSPS) is 11.3. The van der Waals surface area contributed by atoms with Gasteiger partial charge in [-0.25, -0.2) is 9.79 Å². The van der Waals surface area contributed by atoms with Crippen LogP contribution in [0.3, 0.4) is 0 Å². The van der Waals surface area contributed by atoms with Gasteiger partial charge in [-0.05, 0) is 35.8 Å². The van der Waals surface area contributed by atoms with Crippen molar-refractivity contribution in [1.82, 2.24) is 0 Å². The van der Waals surface area contributed by atoms with Gasteiger partial charge in [0.25, 0.3) is 0 Å². The first kappa shape index (κ1) is 19.1. The minimum atomic E-state index is -0.435. The molecule has 0 bridgehead atoms. The Bertz CT molecular complexity index is 800. The number of aliphatic imine (C=N–C) groups is 1. The summed E-state index contributed by atoms with van der Waals surface area (Å²) < 4.78 is 5.34. The van der Waals surface area contributed by atoms with E-state index in [4.69, 9.17) is 10.00 Å². The molecule has 0 fully saturated rings. The fraction of sp³-hybridized carbons (Fsp3) is 0.227. The summed E-state index contributed by atoms with van der Waals surface area (Å²) in [4.78, 5) is 16.7.